The zero-order chi connectivity index (χ0) is 25.2. The fraction of sp³-hybridized carbons (Fsp3) is 0.400. The topological polar surface area (TPSA) is 130 Å². The van der Waals surface area contributed by atoms with Crippen LogP contribution in [0.2, 0.25) is 0 Å². The van der Waals surface area contributed by atoms with Crippen LogP contribution in [0.25, 0.3) is 11.1 Å². The number of nitrogens with one attached hydrogen (secondary N) is 1. The average molecular weight is 501 g/mol. The van der Waals surface area contributed by atoms with Crippen LogP contribution in [0.5, 0.6) is 0 Å². The van der Waals surface area contributed by atoms with Gasteiger partial charge in [0.2, 0.25) is 5.91 Å². The second-order valence-electron chi connectivity index (χ2n) is 9.02. The number of carbonyl (C=O) groups excluding carboxylic acids is 2. The predicted octanol–water partition coefficient (Wildman–Crippen LogP) is 2.26. The van der Waals surface area contributed by atoms with Crippen LogP contribution in [-0.4, -0.2) is 73.6 Å². The molecule has 0 bridgehead atoms. The molecule has 2 aromatic rings. The summed E-state index contributed by atoms with van der Waals surface area (Å²) in [5.41, 5.74) is 4.40. The fourth-order valence-corrected chi connectivity index (χ4v) is 6.54. The number of hydrogen-bond acceptors (Lipinski definition) is 6. The number of carboxylic acid groups (broad SMARTS) is 1. The van der Waals surface area contributed by atoms with E-state index in [0.717, 1.165) is 27.2 Å². The smallest absolute Gasteiger partial charge is 0.407 e. The Labute approximate surface area is 204 Å². The van der Waals surface area contributed by atoms with Crippen molar-refractivity contribution in [3.05, 3.63) is 59.7 Å². The van der Waals surface area contributed by atoms with Crippen LogP contribution in [0, 0.1) is 5.92 Å². The Bertz CT molecular complexity index is 1200. The first kappa shape index (κ1) is 24.7. The number of fused-ring (bicyclic) bond motifs is 3. The lowest BCUT2D eigenvalue weighted by molar-refractivity contribution is -0.147. The SMILES string of the molecule is CC(CNC(=O)OCC1c2ccccc2-c2ccccc21)C(=O)N(CC(=O)O)C1CCS(=O)(=O)C1. The third-order valence-electron chi connectivity index (χ3n) is 6.56. The highest BCUT2D eigenvalue weighted by molar-refractivity contribution is 7.91. The number of carbonyl (C=O) groups is 3. The van der Waals surface area contributed by atoms with Crippen molar-refractivity contribution in [1.82, 2.24) is 10.2 Å². The van der Waals surface area contributed by atoms with Crippen LogP contribution in [0.1, 0.15) is 30.4 Å². The minimum absolute atomic E-state index is 0.0644. The molecule has 1 aliphatic carbocycles. The number of ether oxygens (including phenoxy) is 1. The molecule has 2 unspecified atom stereocenters. The van der Waals surface area contributed by atoms with E-state index in [-0.39, 0.29) is 37.0 Å². The van der Waals surface area contributed by atoms with E-state index in [4.69, 9.17) is 4.74 Å². The van der Waals surface area contributed by atoms with E-state index in [1.165, 1.54) is 0 Å². The van der Waals surface area contributed by atoms with Gasteiger partial charge in [0.1, 0.15) is 13.2 Å². The van der Waals surface area contributed by atoms with Crippen LogP contribution >= 0.6 is 0 Å². The normalized spacial score (nSPS) is 18.8. The Kier molecular flexibility index (Phi) is 7.11. The summed E-state index contributed by atoms with van der Waals surface area (Å²) in [6.07, 6.45) is -0.479. The molecule has 35 heavy (non-hydrogen) atoms. The molecule has 1 saturated heterocycles. The Morgan fingerprint density at radius 3 is 2.23 bits per heavy atom. The van der Waals surface area contributed by atoms with Gasteiger partial charge >= 0.3 is 12.1 Å². The number of hydrogen-bond donors (Lipinski definition) is 2. The Morgan fingerprint density at radius 2 is 1.69 bits per heavy atom. The zero-order valence-corrected chi connectivity index (χ0v) is 20.2. The molecule has 10 heteroatoms. The molecular weight excluding hydrogens is 472 g/mol. The minimum atomic E-state index is -3.30. The van der Waals surface area contributed by atoms with Gasteiger partial charge in [0.15, 0.2) is 9.84 Å². The van der Waals surface area contributed by atoms with Gasteiger partial charge < -0.3 is 20.1 Å². The number of nitrogens with zero attached hydrogens (tertiary/aromatic N) is 1. The zero-order valence-electron chi connectivity index (χ0n) is 19.3. The third kappa shape index (κ3) is 5.48. The molecule has 1 fully saturated rings. The first-order valence-corrected chi connectivity index (χ1v) is 13.3. The Balaban J connectivity index is 1.34. The van der Waals surface area contributed by atoms with Crippen molar-refractivity contribution in [3.8, 4) is 11.1 Å². The summed E-state index contributed by atoms with van der Waals surface area (Å²) < 4.78 is 29.1. The summed E-state index contributed by atoms with van der Waals surface area (Å²) in [7, 11) is -3.30. The maximum atomic E-state index is 12.9. The number of carboxylic acids is 1. The van der Waals surface area contributed by atoms with Crippen LogP contribution < -0.4 is 5.32 Å². The molecule has 1 aliphatic heterocycles. The molecule has 0 saturated carbocycles. The number of benzene rings is 2. The molecule has 1 heterocycles. The number of sulfone groups is 1. The standard InChI is InChI=1S/C25H28N2O7S/c1-16(24(30)27(13-23(28)29)17-10-11-35(32,33)15-17)12-26-25(31)34-14-22-20-8-4-2-6-18(20)19-7-3-5-9-21(19)22/h2-9,16-17,22H,10-15H2,1H3,(H,26,31)(H,28,29). The first-order chi connectivity index (χ1) is 16.7. The van der Waals surface area contributed by atoms with Crippen LogP contribution in [-0.2, 0) is 24.2 Å². The average Bonchev–Trinajstić information content (AvgIpc) is 3.36. The molecule has 0 aromatic heterocycles. The summed E-state index contributed by atoms with van der Waals surface area (Å²) in [4.78, 5) is 37.7. The van der Waals surface area contributed by atoms with Crippen molar-refractivity contribution in [2.24, 2.45) is 5.92 Å². The molecule has 0 radical (unpaired) electrons. The predicted molar refractivity (Wildman–Crippen MR) is 129 cm³/mol. The molecular formula is C25H28N2O7S. The van der Waals surface area contributed by atoms with Gasteiger partial charge in [-0.05, 0) is 28.7 Å². The summed E-state index contributed by atoms with van der Waals surface area (Å²) >= 11 is 0. The van der Waals surface area contributed by atoms with Gasteiger partial charge in [-0.15, -0.1) is 0 Å². The van der Waals surface area contributed by atoms with Gasteiger partial charge in [-0.3, -0.25) is 9.59 Å². The van der Waals surface area contributed by atoms with E-state index in [1.54, 1.807) is 6.92 Å². The van der Waals surface area contributed by atoms with E-state index in [1.807, 2.05) is 48.5 Å². The van der Waals surface area contributed by atoms with E-state index in [9.17, 15) is 27.9 Å². The second-order valence-corrected chi connectivity index (χ2v) is 11.3. The molecule has 0 spiro atoms. The summed E-state index contributed by atoms with van der Waals surface area (Å²) in [6.45, 7) is 1.04. The molecule has 2 aliphatic rings. The molecule has 9 nitrogen and oxygen atoms in total. The first-order valence-electron chi connectivity index (χ1n) is 11.5. The maximum absolute atomic E-state index is 12.9. The lowest BCUT2D eigenvalue weighted by Gasteiger charge is -2.29. The highest BCUT2D eigenvalue weighted by Crippen LogP contribution is 2.44. The Morgan fingerprint density at radius 1 is 1.09 bits per heavy atom. The summed E-state index contributed by atoms with van der Waals surface area (Å²) in [6, 6.07) is 15.3. The fourth-order valence-electron chi connectivity index (χ4n) is 4.81. The van der Waals surface area contributed by atoms with Crippen LogP contribution in [0.3, 0.4) is 0 Å². The van der Waals surface area contributed by atoms with Crippen molar-refractivity contribution < 1.29 is 32.6 Å². The monoisotopic (exact) mass is 500 g/mol. The maximum Gasteiger partial charge on any atom is 0.407 e. The minimum Gasteiger partial charge on any atom is -0.480 e. The van der Waals surface area contributed by atoms with E-state index >= 15 is 0 Å². The lowest BCUT2D eigenvalue weighted by Crippen LogP contribution is -2.48. The van der Waals surface area contributed by atoms with Crippen LogP contribution in [0.4, 0.5) is 4.79 Å². The van der Waals surface area contributed by atoms with Gasteiger partial charge in [0.25, 0.3) is 0 Å². The van der Waals surface area contributed by atoms with Gasteiger partial charge in [0, 0.05) is 18.5 Å². The highest BCUT2D eigenvalue weighted by atomic mass is 32.2. The molecule has 2 amide bonds. The van der Waals surface area contributed by atoms with E-state index in [2.05, 4.69) is 5.32 Å². The van der Waals surface area contributed by atoms with Gasteiger partial charge in [0.05, 0.1) is 17.4 Å². The van der Waals surface area contributed by atoms with E-state index < -0.39 is 46.3 Å². The number of rotatable bonds is 8. The summed E-state index contributed by atoms with van der Waals surface area (Å²) in [5.74, 6) is -2.92. The lowest BCUT2D eigenvalue weighted by atomic mass is 9.98. The highest BCUT2D eigenvalue weighted by Gasteiger charge is 2.37. The molecule has 4 rings (SSSR count). The van der Waals surface area contributed by atoms with Crippen LogP contribution in [0.15, 0.2) is 48.5 Å². The molecule has 2 N–H and O–H groups in total. The number of aliphatic carboxylic acids is 1. The van der Waals surface area contributed by atoms with Gasteiger partial charge in [-0.2, -0.15) is 0 Å². The van der Waals surface area contributed by atoms with Crippen molar-refractivity contribution in [1.29, 1.82) is 0 Å². The molecule has 186 valence electrons. The number of alkyl carbamates (subject to hydrolysis) is 1. The van der Waals surface area contributed by atoms with Gasteiger partial charge in [-0.25, -0.2) is 13.2 Å². The molecule has 2 aromatic carbocycles. The molecule has 2 atom stereocenters. The largest absolute Gasteiger partial charge is 0.480 e. The Hall–Kier alpha value is -3.40. The van der Waals surface area contributed by atoms with Gasteiger partial charge in [-0.1, -0.05) is 55.5 Å². The number of amides is 2. The van der Waals surface area contributed by atoms with Crippen molar-refractivity contribution in [2.75, 3.05) is 31.2 Å². The quantitative estimate of drug-likeness (QED) is 0.569. The third-order valence-corrected chi connectivity index (χ3v) is 8.31. The second kappa shape index (κ2) is 10.1. The van der Waals surface area contributed by atoms with Crippen molar-refractivity contribution >= 4 is 27.8 Å². The van der Waals surface area contributed by atoms with Crippen molar-refractivity contribution in [3.63, 3.8) is 0 Å². The van der Waals surface area contributed by atoms with Crippen molar-refractivity contribution in [2.45, 2.75) is 25.3 Å². The summed E-state index contributed by atoms with van der Waals surface area (Å²) in [5, 5.41) is 11.8. The van der Waals surface area contributed by atoms with E-state index in [0.29, 0.717) is 0 Å².